The van der Waals surface area contributed by atoms with Gasteiger partial charge in [-0.2, -0.15) is 0 Å². The summed E-state index contributed by atoms with van der Waals surface area (Å²) in [5, 5.41) is 35.4. The lowest BCUT2D eigenvalue weighted by Gasteiger charge is -2.40. The highest BCUT2D eigenvalue weighted by Crippen LogP contribution is 2.19. The van der Waals surface area contributed by atoms with Crippen LogP contribution in [-0.2, 0) is 38.4 Å². The first-order valence-electron chi connectivity index (χ1n) is 19.7. The average Bonchev–Trinajstić information content (AvgIpc) is 3.12. The summed E-state index contributed by atoms with van der Waals surface area (Å²) in [5.74, 6) is -6.29. The number of carbonyl (C=O) groups excluding carboxylic acids is 7. The third-order valence-corrected chi connectivity index (χ3v) is 9.71. The van der Waals surface area contributed by atoms with Gasteiger partial charge in [0.25, 0.3) is 11.8 Å². The van der Waals surface area contributed by atoms with Crippen molar-refractivity contribution >= 4 is 47.8 Å². The average molecular weight is 796 g/mol. The number of nitrogens with zero attached hydrogens (tertiary/aromatic N) is 2. The number of nitrogens with one attached hydrogen (secondary N) is 7. The first kappa shape index (κ1) is 47.8. The van der Waals surface area contributed by atoms with E-state index in [1.165, 1.54) is 6.92 Å². The van der Waals surface area contributed by atoms with Gasteiger partial charge >= 0.3 is 5.97 Å². The van der Waals surface area contributed by atoms with E-state index in [0.29, 0.717) is 32.3 Å². The number of aliphatic carboxylic acids is 1. The van der Waals surface area contributed by atoms with Crippen molar-refractivity contribution in [2.45, 2.75) is 149 Å². The fourth-order valence-electron chi connectivity index (χ4n) is 6.72. The van der Waals surface area contributed by atoms with Crippen LogP contribution in [0.15, 0.2) is 0 Å². The Hall–Kier alpha value is -4.36. The number of amides is 7. The normalized spacial score (nSPS) is 20.7. The molecule has 0 saturated carbocycles. The predicted octanol–water partition coefficient (Wildman–Crippen LogP) is -1.10. The number of hydrazine groups is 2. The minimum atomic E-state index is -1.48. The second-order valence-corrected chi connectivity index (χ2v) is 16.2. The van der Waals surface area contributed by atoms with Gasteiger partial charge in [-0.25, -0.2) is 15.6 Å². The summed E-state index contributed by atoms with van der Waals surface area (Å²) in [5.41, 5.74) is 5.83. The van der Waals surface area contributed by atoms with E-state index in [-0.39, 0.29) is 43.4 Å². The van der Waals surface area contributed by atoms with E-state index < -0.39 is 95.7 Å². The van der Waals surface area contributed by atoms with Crippen LogP contribution in [0.2, 0.25) is 0 Å². The van der Waals surface area contributed by atoms with E-state index in [4.69, 9.17) is 0 Å². The Bertz CT molecular complexity index is 1390. The van der Waals surface area contributed by atoms with Gasteiger partial charge in [0, 0.05) is 13.1 Å². The van der Waals surface area contributed by atoms with Crippen LogP contribution in [0.5, 0.6) is 0 Å². The maximum atomic E-state index is 14.2. The largest absolute Gasteiger partial charge is 0.480 e. The number of hydrogen-bond donors (Lipinski definition) is 9. The van der Waals surface area contributed by atoms with Crippen LogP contribution in [0.25, 0.3) is 0 Å². The first-order chi connectivity index (χ1) is 26.2. The number of hydrogen-bond acceptors (Lipinski definition) is 11. The van der Waals surface area contributed by atoms with E-state index in [1.54, 1.807) is 27.7 Å². The highest BCUT2D eigenvalue weighted by molar-refractivity contribution is 5.97. The minimum absolute atomic E-state index is 0.0529. The lowest BCUT2D eigenvalue weighted by atomic mass is 9.97. The van der Waals surface area contributed by atoms with Crippen molar-refractivity contribution in [3.05, 3.63) is 0 Å². The van der Waals surface area contributed by atoms with Crippen molar-refractivity contribution in [1.82, 2.24) is 47.5 Å². The quantitative estimate of drug-likeness (QED) is 0.0666. The maximum Gasteiger partial charge on any atom is 0.328 e. The van der Waals surface area contributed by atoms with Gasteiger partial charge in [-0.1, -0.05) is 55.4 Å². The Labute approximate surface area is 329 Å². The summed E-state index contributed by atoms with van der Waals surface area (Å²) < 4.78 is 0. The number of rotatable bonds is 20. The molecule has 2 fully saturated rings. The van der Waals surface area contributed by atoms with E-state index in [0.717, 1.165) is 10.0 Å². The number of carboxylic acid groups (broad SMARTS) is 1. The molecule has 9 N–H and O–H groups in total. The van der Waals surface area contributed by atoms with Gasteiger partial charge in [0.2, 0.25) is 30.0 Å². The Balaban J connectivity index is 2.31. The molecule has 0 bridgehead atoms. The van der Waals surface area contributed by atoms with Crippen LogP contribution in [0.1, 0.15) is 101 Å². The number of aliphatic hydroxyl groups excluding tert-OH is 1. The van der Waals surface area contributed by atoms with Gasteiger partial charge in [0.1, 0.15) is 42.3 Å². The predicted molar refractivity (Wildman–Crippen MR) is 204 cm³/mol. The summed E-state index contributed by atoms with van der Waals surface area (Å²) in [6.45, 7) is 16.2. The summed E-state index contributed by atoms with van der Waals surface area (Å²) in [6, 6.07) is -8.10. The molecule has 0 aromatic heterocycles. The van der Waals surface area contributed by atoms with Gasteiger partial charge < -0.3 is 36.8 Å². The SMILES string of the molecule is CC(C)C[C@H](NC(=O)[C@@H](NC(=O)[C@@H](NC=O)C(C)C)[C@@H](C)O)C(=O)N[C@H](C(=O)N1NCCCC1C(=O)N[C@@H](CC(C)C)C(=O)N1NCCCC1C(=O)O)C(C)C. The number of aliphatic hydroxyl groups is 1. The number of carboxylic acids is 1. The van der Waals surface area contributed by atoms with Crippen molar-refractivity contribution in [3.63, 3.8) is 0 Å². The van der Waals surface area contributed by atoms with Crippen LogP contribution >= 0.6 is 0 Å². The van der Waals surface area contributed by atoms with Crippen molar-refractivity contribution in [2.75, 3.05) is 13.1 Å². The monoisotopic (exact) mass is 795 g/mol. The minimum Gasteiger partial charge on any atom is -0.480 e. The Morgan fingerprint density at radius 2 is 1.12 bits per heavy atom. The zero-order chi connectivity index (χ0) is 42.4. The molecule has 0 aliphatic carbocycles. The van der Waals surface area contributed by atoms with Crippen LogP contribution in [0.4, 0.5) is 0 Å². The molecule has 0 aromatic carbocycles. The molecule has 7 amide bonds. The van der Waals surface area contributed by atoms with E-state index >= 15 is 0 Å². The molecule has 2 rings (SSSR count). The smallest absolute Gasteiger partial charge is 0.328 e. The number of carbonyl (C=O) groups is 8. The molecular weight excluding hydrogens is 730 g/mol. The summed E-state index contributed by atoms with van der Waals surface area (Å²) in [4.78, 5) is 105. The lowest BCUT2D eigenvalue weighted by molar-refractivity contribution is -0.158. The van der Waals surface area contributed by atoms with Crippen LogP contribution in [0, 0.1) is 23.7 Å². The lowest BCUT2D eigenvalue weighted by Crippen LogP contribution is -2.66. The van der Waals surface area contributed by atoms with Crippen molar-refractivity contribution in [3.8, 4) is 0 Å². The third-order valence-electron chi connectivity index (χ3n) is 9.71. The summed E-state index contributed by atoms with van der Waals surface area (Å²) >= 11 is 0. The molecular formula is C37H65N9O10. The highest BCUT2D eigenvalue weighted by atomic mass is 16.4. The molecule has 19 nitrogen and oxygen atoms in total. The zero-order valence-electron chi connectivity index (χ0n) is 34.2. The van der Waals surface area contributed by atoms with Crippen molar-refractivity contribution < 1.29 is 48.6 Å². The molecule has 318 valence electrons. The summed E-state index contributed by atoms with van der Waals surface area (Å²) in [7, 11) is 0. The third kappa shape index (κ3) is 13.7. The molecule has 0 spiro atoms. The Morgan fingerprint density at radius 3 is 1.61 bits per heavy atom. The fourth-order valence-corrected chi connectivity index (χ4v) is 6.72. The van der Waals surface area contributed by atoms with Crippen molar-refractivity contribution in [1.29, 1.82) is 0 Å². The molecule has 8 atom stereocenters. The van der Waals surface area contributed by atoms with Gasteiger partial charge in [-0.15, -0.1) is 0 Å². The van der Waals surface area contributed by atoms with Crippen LogP contribution < -0.4 is 37.4 Å². The van der Waals surface area contributed by atoms with E-state index in [1.807, 2.05) is 27.7 Å². The molecule has 2 aliphatic rings. The Morgan fingerprint density at radius 1 is 0.643 bits per heavy atom. The standard InChI is InChI=1S/C37H65N9O10/c1-19(2)16-24(41-34(52)30(23(9)48)44-33(51)28(21(5)6)38-18-47)31(49)43-29(22(7)8)36(54)45-26(12-10-14-39-45)32(50)42-25(17-20(3)4)35(53)46-27(37(55)56)13-11-15-40-46/h18-30,39-40,48H,10-17H2,1-9H3,(H,38,47)(H,41,52)(H,42,50)(H,43,49)(H,44,51)(H,55,56)/t23-,24+,25+,26?,27?,28+,29+,30+/m1/s1. The van der Waals surface area contributed by atoms with E-state index in [2.05, 4.69) is 37.4 Å². The second-order valence-electron chi connectivity index (χ2n) is 16.2. The topological polar surface area (TPSA) is 268 Å². The summed E-state index contributed by atoms with van der Waals surface area (Å²) in [6.07, 6.45) is 0.901. The molecule has 19 heteroatoms. The molecule has 56 heavy (non-hydrogen) atoms. The maximum absolute atomic E-state index is 14.2. The Kier molecular flexibility index (Phi) is 19.1. The first-order valence-corrected chi connectivity index (χ1v) is 19.7. The zero-order valence-corrected chi connectivity index (χ0v) is 34.2. The van der Waals surface area contributed by atoms with Crippen LogP contribution in [-0.4, -0.2) is 130 Å². The van der Waals surface area contributed by atoms with Gasteiger partial charge in [0.05, 0.1) is 6.10 Å². The molecule has 2 saturated heterocycles. The molecule has 0 aromatic rings. The molecule has 2 aliphatic heterocycles. The van der Waals surface area contributed by atoms with Gasteiger partial charge in [0.15, 0.2) is 0 Å². The molecule has 2 unspecified atom stereocenters. The van der Waals surface area contributed by atoms with E-state index in [9.17, 15) is 48.6 Å². The van der Waals surface area contributed by atoms with Gasteiger partial charge in [-0.3, -0.25) is 43.6 Å². The molecule has 0 radical (unpaired) electrons. The highest BCUT2D eigenvalue weighted by Gasteiger charge is 2.42. The van der Waals surface area contributed by atoms with Crippen LogP contribution in [0.3, 0.4) is 0 Å². The van der Waals surface area contributed by atoms with Crippen molar-refractivity contribution in [2.24, 2.45) is 23.7 Å². The fraction of sp³-hybridized carbons (Fsp3) is 0.784. The molecule has 2 heterocycles. The van der Waals surface area contributed by atoms with Gasteiger partial charge in [-0.05, 0) is 69.1 Å². The second kappa shape index (κ2) is 22.4.